The van der Waals surface area contributed by atoms with Gasteiger partial charge in [0, 0.05) is 20.6 Å². The van der Waals surface area contributed by atoms with Crippen LogP contribution < -0.4 is 10.2 Å². The van der Waals surface area contributed by atoms with Gasteiger partial charge in [-0.25, -0.2) is 0 Å². The molecule has 9 heteroatoms. The molecule has 5 nitrogen and oxygen atoms in total. The molecule has 2 amide bonds. The molecular weight excluding hydrogens is 556 g/mol. The van der Waals surface area contributed by atoms with Crippen molar-refractivity contribution in [3.8, 4) is 5.75 Å². The van der Waals surface area contributed by atoms with Gasteiger partial charge < -0.3 is 4.74 Å². The molecule has 4 rings (SSSR count). The topological polar surface area (TPSA) is 58.6 Å². The number of aryl methyl sites for hydroxylation is 1. The average Bonchev–Trinajstić information content (AvgIpc) is 3.07. The molecule has 0 aliphatic carbocycles. The Hall–Kier alpha value is -2.65. The number of hydrogen-bond donors (Lipinski definition) is 1. The smallest absolute Gasteiger partial charge is 0.285 e. The molecule has 1 N–H and O–H groups in total. The number of rotatable bonds is 6. The van der Waals surface area contributed by atoms with Crippen molar-refractivity contribution in [3.63, 3.8) is 0 Å². The Morgan fingerprint density at radius 2 is 1.91 bits per heavy atom. The van der Waals surface area contributed by atoms with Crippen molar-refractivity contribution in [1.82, 2.24) is 10.4 Å². The number of benzene rings is 3. The van der Waals surface area contributed by atoms with Crippen LogP contribution in [0.5, 0.6) is 5.75 Å². The number of carbonyl (C=O) groups excluding carboxylic acids is 2. The number of nitrogens with zero attached hydrogens (tertiary/aromatic N) is 1. The van der Waals surface area contributed by atoms with Crippen LogP contribution in [0, 0.1) is 6.92 Å². The summed E-state index contributed by atoms with van der Waals surface area (Å²) in [5.41, 5.74) is 5.56. The van der Waals surface area contributed by atoms with E-state index in [0.29, 0.717) is 33.4 Å². The Kier molecular flexibility index (Phi) is 7.73. The van der Waals surface area contributed by atoms with E-state index >= 15 is 0 Å². The monoisotopic (exact) mass is 572 g/mol. The maximum atomic E-state index is 13.0. The van der Waals surface area contributed by atoms with E-state index in [1.165, 1.54) is 0 Å². The Balaban J connectivity index is 1.53. The van der Waals surface area contributed by atoms with Crippen molar-refractivity contribution in [2.24, 2.45) is 0 Å². The summed E-state index contributed by atoms with van der Waals surface area (Å²) < 4.78 is 7.09. The second-order valence-corrected chi connectivity index (χ2v) is 10.4. The zero-order valence-electron chi connectivity index (χ0n) is 17.9. The number of thioether (sulfide) groups is 1. The number of amides is 2. The van der Waals surface area contributed by atoms with E-state index in [0.717, 1.165) is 32.4 Å². The second-order valence-electron chi connectivity index (χ2n) is 7.37. The van der Waals surface area contributed by atoms with Crippen LogP contribution >= 0.6 is 51.5 Å². The molecule has 0 spiro atoms. The molecule has 172 valence electrons. The SMILES string of the molecule is Cc1ccccc1C(=O)NN1C(=O)/C(=C\c2cc(Br)ccc2OCc2ccc(Cl)cc2)SC1=S. The average molecular weight is 574 g/mol. The van der Waals surface area contributed by atoms with E-state index in [-0.39, 0.29) is 4.32 Å². The van der Waals surface area contributed by atoms with Gasteiger partial charge in [0.05, 0.1) is 4.91 Å². The van der Waals surface area contributed by atoms with E-state index in [2.05, 4.69) is 21.4 Å². The molecule has 0 unspecified atom stereocenters. The lowest BCUT2D eigenvalue weighted by atomic mass is 10.1. The second kappa shape index (κ2) is 10.7. The number of halogens is 2. The highest BCUT2D eigenvalue weighted by molar-refractivity contribution is 9.10. The first-order chi connectivity index (χ1) is 16.3. The van der Waals surface area contributed by atoms with Gasteiger partial charge in [0.2, 0.25) is 0 Å². The quantitative estimate of drug-likeness (QED) is 0.268. The Morgan fingerprint density at radius 1 is 1.18 bits per heavy atom. The van der Waals surface area contributed by atoms with Crippen LogP contribution in [0.4, 0.5) is 0 Å². The molecule has 0 bridgehead atoms. The lowest BCUT2D eigenvalue weighted by Crippen LogP contribution is -2.45. The van der Waals surface area contributed by atoms with Crippen molar-refractivity contribution in [3.05, 3.63) is 103 Å². The summed E-state index contributed by atoms with van der Waals surface area (Å²) in [6, 6.07) is 20.1. The molecule has 3 aromatic carbocycles. The molecule has 1 aliphatic heterocycles. The van der Waals surface area contributed by atoms with Gasteiger partial charge in [0.1, 0.15) is 12.4 Å². The Bertz CT molecular complexity index is 1310. The van der Waals surface area contributed by atoms with Crippen molar-refractivity contribution >= 4 is 73.7 Å². The minimum Gasteiger partial charge on any atom is -0.488 e. The van der Waals surface area contributed by atoms with Gasteiger partial charge in [-0.05, 0) is 72.7 Å². The normalized spacial score (nSPS) is 14.6. The van der Waals surface area contributed by atoms with Gasteiger partial charge in [-0.2, -0.15) is 5.01 Å². The molecule has 1 fully saturated rings. The number of hydrazine groups is 1. The number of ether oxygens (including phenoxy) is 1. The summed E-state index contributed by atoms with van der Waals surface area (Å²) in [4.78, 5) is 26.1. The van der Waals surface area contributed by atoms with Crippen LogP contribution in [0.2, 0.25) is 5.02 Å². The van der Waals surface area contributed by atoms with Crippen LogP contribution in [0.25, 0.3) is 6.08 Å². The van der Waals surface area contributed by atoms with Gasteiger partial charge in [0.15, 0.2) is 4.32 Å². The number of carbonyl (C=O) groups is 2. The predicted molar refractivity (Wildman–Crippen MR) is 144 cm³/mol. The van der Waals surface area contributed by atoms with Crippen molar-refractivity contribution in [2.45, 2.75) is 13.5 Å². The molecule has 1 heterocycles. The van der Waals surface area contributed by atoms with E-state index in [1.54, 1.807) is 30.3 Å². The minimum absolute atomic E-state index is 0.247. The van der Waals surface area contributed by atoms with Gasteiger partial charge in [-0.3, -0.25) is 15.0 Å². The first-order valence-corrected chi connectivity index (χ1v) is 12.5. The predicted octanol–water partition coefficient (Wildman–Crippen LogP) is 6.54. The van der Waals surface area contributed by atoms with Crippen molar-refractivity contribution < 1.29 is 14.3 Å². The van der Waals surface area contributed by atoms with Gasteiger partial charge in [0.25, 0.3) is 11.8 Å². The highest BCUT2D eigenvalue weighted by Gasteiger charge is 2.34. The summed E-state index contributed by atoms with van der Waals surface area (Å²) in [7, 11) is 0. The standard InChI is InChI=1S/C25H18BrClN2O3S2/c1-15-4-2-3-5-20(15)23(30)28-29-24(31)22(34-25(29)33)13-17-12-18(26)8-11-21(17)32-14-16-6-9-19(27)10-7-16/h2-13H,14H2,1H3,(H,28,30)/b22-13+. The van der Waals surface area contributed by atoms with E-state index in [9.17, 15) is 9.59 Å². The molecular formula is C25H18BrClN2O3S2. The van der Waals surface area contributed by atoms with Crippen LogP contribution in [0.1, 0.15) is 27.0 Å². The maximum Gasteiger partial charge on any atom is 0.285 e. The molecule has 34 heavy (non-hydrogen) atoms. The zero-order valence-corrected chi connectivity index (χ0v) is 21.9. The van der Waals surface area contributed by atoms with Crippen LogP contribution in [0.3, 0.4) is 0 Å². The summed E-state index contributed by atoms with van der Waals surface area (Å²) in [6.45, 7) is 2.17. The molecule has 3 aromatic rings. The Morgan fingerprint density at radius 3 is 2.65 bits per heavy atom. The van der Waals surface area contributed by atoms with Crippen LogP contribution in [0.15, 0.2) is 76.1 Å². The van der Waals surface area contributed by atoms with Crippen LogP contribution in [-0.4, -0.2) is 21.1 Å². The summed E-state index contributed by atoms with van der Waals surface area (Å²) in [6.07, 6.45) is 1.71. The number of nitrogens with one attached hydrogen (secondary N) is 1. The van der Waals surface area contributed by atoms with Crippen LogP contribution in [-0.2, 0) is 11.4 Å². The van der Waals surface area contributed by atoms with Gasteiger partial charge >= 0.3 is 0 Å². The molecule has 0 saturated carbocycles. The molecule has 0 aromatic heterocycles. The fourth-order valence-electron chi connectivity index (χ4n) is 3.20. The Labute approximate surface area is 220 Å². The number of hydrogen-bond acceptors (Lipinski definition) is 5. The molecule has 1 saturated heterocycles. The third-order valence-electron chi connectivity index (χ3n) is 4.96. The van der Waals surface area contributed by atoms with Crippen molar-refractivity contribution in [2.75, 3.05) is 0 Å². The third kappa shape index (κ3) is 5.70. The maximum absolute atomic E-state index is 13.0. The van der Waals surface area contributed by atoms with E-state index < -0.39 is 11.8 Å². The minimum atomic E-state index is -0.402. The lowest BCUT2D eigenvalue weighted by Gasteiger charge is -2.16. The van der Waals surface area contributed by atoms with Gasteiger partial charge in [-0.15, -0.1) is 0 Å². The van der Waals surface area contributed by atoms with Gasteiger partial charge in [-0.1, -0.05) is 69.6 Å². The third-order valence-corrected chi connectivity index (χ3v) is 7.01. The lowest BCUT2D eigenvalue weighted by molar-refractivity contribution is -0.123. The fourth-order valence-corrected chi connectivity index (χ4v) is 4.88. The van der Waals surface area contributed by atoms with E-state index in [1.807, 2.05) is 49.4 Å². The molecule has 1 aliphatic rings. The summed E-state index contributed by atoms with van der Waals surface area (Å²) in [5.74, 6) is -0.196. The molecule has 0 atom stereocenters. The first kappa shape index (κ1) is 24.5. The number of thiocarbonyl (C=S) groups is 1. The highest BCUT2D eigenvalue weighted by Crippen LogP contribution is 2.34. The largest absolute Gasteiger partial charge is 0.488 e. The fraction of sp³-hybridized carbons (Fsp3) is 0.0800. The summed E-state index contributed by atoms with van der Waals surface area (Å²) in [5, 5.41) is 1.76. The summed E-state index contributed by atoms with van der Waals surface area (Å²) >= 11 is 15.9. The highest BCUT2D eigenvalue weighted by atomic mass is 79.9. The van der Waals surface area contributed by atoms with Crippen molar-refractivity contribution in [1.29, 1.82) is 0 Å². The molecule has 0 radical (unpaired) electrons. The zero-order chi connectivity index (χ0) is 24.2. The first-order valence-electron chi connectivity index (χ1n) is 10.1. The van der Waals surface area contributed by atoms with E-state index in [4.69, 9.17) is 28.6 Å².